The van der Waals surface area contributed by atoms with E-state index >= 15 is 0 Å². The largest absolute Gasteiger partial charge is 0.382 e. The predicted molar refractivity (Wildman–Crippen MR) is 69.4 cm³/mol. The van der Waals surface area contributed by atoms with Gasteiger partial charge in [-0.3, -0.25) is 5.10 Å². The number of nitrogen functional groups attached to an aromatic ring is 1. The van der Waals surface area contributed by atoms with Crippen molar-refractivity contribution in [2.45, 2.75) is 0 Å². The summed E-state index contributed by atoms with van der Waals surface area (Å²) in [5.74, 6) is 0.414. The number of rotatable bonds is 2. The van der Waals surface area contributed by atoms with Gasteiger partial charge in [0.05, 0.1) is 5.56 Å². The van der Waals surface area contributed by atoms with Crippen molar-refractivity contribution >= 4 is 5.82 Å². The molecule has 3 N–H and O–H groups in total. The third-order valence-corrected chi connectivity index (χ3v) is 2.70. The smallest absolute Gasteiger partial charge is 0.178 e. The van der Waals surface area contributed by atoms with Crippen molar-refractivity contribution in [3.05, 3.63) is 48.5 Å². The Morgan fingerprint density at radius 2 is 1.89 bits per heavy atom. The molecule has 1 aromatic carbocycles. The molecule has 5 nitrogen and oxygen atoms in total. The molecule has 0 saturated heterocycles. The van der Waals surface area contributed by atoms with Gasteiger partial charge >= 0.3 is 0 Å². The molecule has 2 heterocycles. The van der Waals surface area contributed by atoms with Gasteiger partial charge in [0.1, 0.15) is 11.5 Å². The molecule has 0 amide bonds. The topological polar surface area (TPSA) is 80.5 Å². The first kappa shape index (κ1) is 11.3. The summed E-state index contributed by atoms with van der Waals surface area (Å²) < 4.78 is 13.3. The molecule has 0 aliphatic rings. The minimum atomic E-state index is -0.335. The molecule has 0 spiro atoms. The quantitative estimate of drug-likeness (QED) is 0.736. The van der Waals surface area contributed by atoms with Crippen molar-refractivity contribution in [2.24, 2.45) is 0 Å². The van der Waals surface area contributed by atoms with Crippen LogP contribution in [0.2, 0.25) is 0 Å². The van der Waals surface area contributed by atoms with Gasteiger partial charge in [0.25, 0.3) is 0 Å². The first-order valence-electron chi connectivity index (χ1n) is 5.63. The standard InChI is InChI=1S/C13H10FN5/c14-9-4-1-3-8(7-9)10-11(18-19-12(10)15)13-16-5-2-6-17-13/h1-7H,(H3,15,18,19). The lowest BCUT2D eigenvalue weighted by Crippen LogP contribution is -1.92. The van der Waals surface area contributed by atoms with E-state index in [1.165, 1.54) is 12.1 Å². The van der Waals surface area contributed by atoms with Crippen LogP contribution in [-0.2, 0) is 0 Å². The van der Waals surface area contributed by atoms with E-state index in [-0.39, 0.29) is 11.6 Å². The van der Waals surface area contributed by atoms with Crippen LogP contribution < -0.4 is 5.73 Å². The molecule has 0 bridgehead atoms. The van der Waals surface area contributed by atoms with E-state index in [4.69, 9.17) is 5.73 Å². The number of aromatic nitrogens is 4. The van der Waals surface area contributed by atoms with Gasteiger partial charge < -0.3 is 5.73 Å². The van der Waals surface area contributed by atoms with Crippen molar-refractivity contribution in [1.29, 1.82) is 0 Å². The molecule has 2 aromatic heterocycles. The number of H-pyrrole nitrogens is 1. The van der Waals surface area contributed by atoms with Crippen molar-refractivity contribution in [1.82, 2.24) is 20.2 Å². The lowest BCUT2D eigenvalue weighted by atomic mass is 10.0. The van der Waals surface area contributed by atoms with Crippen molar-refractivity contribution in [2.75, 3.05) is 5.73 Å². The van der Waals surface area contributed by atoms with E-state index in [0.29, 0.717) is 22.6 Å². The van der Waals surface area contributed by atoms with Crippen LogP contribution in [-0.4, -0.2) is 20.2 Å². The lowest BCUT2D eigenvalue weighted by molar-refractivity contribution is 0.628. The number of nitrogens with two attached hydrogens (primary N) is 1. The number of anilines is 1. The maximum Gasteiger partial charge on any atom is 0.178 e. The van der Waals surface area contributed by atoms with Crippen LogP contribution in [0.3, 0.4) is 0 Å². The third-order valence-electron chi connectivity index (χ3n) is 2.70. The van der Waals surface area contributed by atoms with Gasteiger partial charge in [-0.05, 0) is 23.8 Å². The van der Waals surface area contributed by atoms with E-state index in [1.807, 2.05) is 0 Å². The van der Waals surface area contributed by atoms with Crippen LogP contribution >= 0.6 is 0 Å². The molecule has 0 unspecified atom stereocenters. The molecule has 0 atom stereocenters. The minimum absolute atomic E-state index is 0.285. The number of benzene rings is 1. The van der Waals surface area contributed by atoms with E-state index in [2.05, 4.69) is 20.2 Å². The second-order valence-corrected chi connectivity index (χ2v) is 3.94. The highest BCUT2D eigenvalue weighted by atomic mass is 19.1. The van der Waals surface area contributed by atoms with Gasteiger partial charge in [-0.15, -0.1) is 0 Å². The molecule has 6 heteroatoms. The fourth-order valence-corrected chi connectivity index (χ4v) is 1.88. The van der Waals surface area contributed by atoms with Crippen molar-refractivity contribution in [3.8, 4) is 22.6 Å². The molecule has 0 fully saturated rings. The Hall–Kier alpha value is -2.76. The molecule has 0 aliphatic carbocycles. The molecule has 0 aliphatic heterocycles. The Balaban J connectivity index is 2.20. The number of nitrogens with one attached hydrogen (secondary N) is 1. The van der Waals surface area contributed by atoms with Gasteiger partial charge in [0.15, 0.2) is 11.6 Å². The number of aromatic amines is 1. The third kappa shape index (κ3) is 2.03. The highest BCUT2D eigenvalue weighted by Crippen LogP contribution is 2.32. The fourth-order valence-electron chi connectivity index (χ4n) is 1.88. The Labute approximate surface area is 108 Å². The van der Waals surface area contributed by atoms with Gasteiger partial charge in [-0.1, -0.05) is 12.1 Å². The monoisotopic (exact) mass is 255 g/mol. The minimum Gasteiger partial charge on any atom is -0.382 e. The van der Waals surface area contributed by atoms with Gasteiger partial charge in [0.2, 0.25) is 0 Å². The summed E-state index contributed by atoms with van der Waals surface area (Å²) in [6.07, 6.45) is 3.24. The predicted octanol–water partition coefficient (Wildman–Crippen LogP) is 2.25. The first-order chi connectivity index (χ1) is 9.25. The Morgan fingerprint density at radius 3 is 2.63 bits per heavy atom. The average Bonchev–Trinajstić information content (AvgIpc) is 2.82. The van der Waals surface area contributed by atoms with E-state index in [0.717, 1.165) is 0 Å². The molecular weight excluding hydrogens is 245 g/mol. The number of nitrogens with zero attached hydrogens (tertiary/aromatic N) is 3. The van der Waals surface area contributed by atoms with Crippen molar-refractivity contribution < 1.29 is 4.39 Å². The van der Waals surface area contributed by atoms with Crippen LogP contribution in [0, 0.1) is 5.82 Å². The van der Waals surface area contributed by atoms with Crippen LogP contribution in [0.15, 0.2) is 42.7 Å². The molecular formula is C13H10FN5. The van der Waals surface area contributed by atoms with Crippen LogP contribution in [0.5, 0.6) is 0 Å². The zero-order valence-corrected chi connectivity index (χ0v) is 9.84. The molecule has 0 saturated carbocycles. The molecule has 94 valence electrons. The summed E-state index contributed by atoms with van der Waals surface area (Å²) >= 11 is 0. The maximum atomic E-state index is 13.3. The van der Waals surface area contributed by atoms with Gasteiger partial charge in [0, 0.05) is 12.4 Å². The summed E-state index contributed by atoms with van der Waals surface area (Å²) in [7, 11) is 0. The second-order valence-electron chi connectivity index (χ2n) is 3.94. The van der Waals surface area contributed by atoms with E-state index < -0.39 is 0 Å². The summed E-state index contributed by atoms with van der Waals surface area (Å²) in [6, 6.07) is 7.86. The zero-order valence-electron chi connectivity index (χ0n) is 9.84. The van der Waals surface area contributed by atoms with E-state index in [9.17, 15) is 4.39 Å². The van der Waals surface area contributed by atoms with Crippen LogP contribution in [0.1, 0.15) is 0 Å². The Kier molecular flexibility index (Phi) is 2.68. The van der Waals surface area contributed by atoms with E-state index in [1.54, 1.807) is 30.6 Å². The summed E-state index contributed by atoms with van der Waals surface area (Å²) in [4.78, 5) is 8.28. The maximum absolute atomic E-state index is 13.3. The SMILES string of the molecule is Nc1n[nH]c(-c2ncccn2)c1-c1cccc(F)c1. The molecule has 3 rings (SSSR count). The summed E-state index contributed by atoms with van der Waals surface area (Å²) in [5.41, 5.74) is 7.65. The second kappa shape index (κ2) is 4.49. The summed E-state index contributed by atoms with van der Waals surface area (Å²) in [6.45, 7) is 0. The highest BCUT2D eigenvalue weighted by Gasteiger charge is 2.16. The van der Waals surface area contributed by atoms with Crippen LogP contribution in [0.4, 0.5) is 10.2 Å². The Morgan fingerprint density at radius 1 is 1.11 bits per heavy atom. The first-order valence-corrected chi connectivity index (χ1v) is 5.63. The lowest BCUT2D eigenvalue weighted by Gasteiger charge is -2.03. The van der Waals surface area contributed by atoms with Gasteiger partial charge in [-0.2, -0.15) is 5.10 Å². The van der Waals surface area contributed by atoms with Gasteiger partial charge in [-0.25, -0.2) is 14.4 Å². The fraction of sp³-hybridized carbons (Fsp3) is 0. The number of hydrogen-bond donors (Lipinski definition) is 2. The molecule has 0 radical (unpaired) electrons. The number of halogens is 1. The zero-order chi connectivity index (χ0) is 13.2. The highest BCUT2D eigenvalue weighted by molar-refractivity contribution is 5.85. The number of hydrogen-bond acceptors (Lipinski definition) is 4. The Bertz CT molecular complexity index is 708. The molecule has 3 aromatic rings. The summed E-state index contributed by atoms with van der Waals surface area (Å²) in [5, 5.41) is 6.74. The van der Waals surface area contributed by atoms with Crippen molar-refractivity contribution in [3.63, 3.8) is 0 Å². The normalized spacial score (nSPS) is 10.6. The molecule has 19 heavy (non-hydrogen) atoms. The van der Waals surface area contributed by atoms with Crippen LogP contribution in [0.25, 0.3) is 22.6 Å². The average molecular weight is 255 g/mol.